The molecule has 0 fully saturated rings. The molecule has 12 heavy (non-hydrogen) atoms. The number of fused-ring (bicyclic) bond motifs is 1. The van der Waals surface area contributed by atoms with Crippen molar-refractivity contribution in [1.82, 2.24) is 0 Å². The summed E-state index contributed by atoms with van der Waals surface area (Å²) in [6.07, 6.45) is 0.338. The maximum absolute atomic E-state index is 10.5. The van der Waals surface area contributed by atoms with E-state index in [1.54, 1.807) is 0 Å². The highest BCUT2D eigenvalue weighted by Gasteiger charge is 2.25. The van der Waals surface area contributed by atoms with Gasteiger partial charge in [-0.3, -0.25) is 4.79 Å². The molecule has 0 saturated heterocycles. The van der Waals surface area contributed by atoms with Crippen LogP contribution in [0.5, 0.6) is 0 Å². The number of carbonyl (C=O) groups is 1. The Morgan fingerprint density at radius 2 is 2.17 bits per heavy atom. The van der Waals surface area contributed by atoms with Crippen LogP contribution in [0.4, 0.5) is 0 Å². The second kappa shape index (κ2) is 2.48. The fourth-order valence-electron chi connectivity index (χ4n) is 1.38. The van der Waals surface area contributed by atoms with Crippen molar-refractivity contribution in [2.75, 3.05) is 0 Å². The van der Waals surface area contributed by atoms with Gasteiger partial charge in [-0.05, 0) is 0 Å². The van der Waals surface area contributed by atoms with Gasteiger partial charge in [-0.2, -0.15) is 0 Å². The van der Waals surface area contributed by atoms with Crippen molar-refractivity contribution in [2.45, 2.75) is 6.10 Å². The first kappa shape index (κ1) is 7.10. The lowest BCUT2D eigenvalue weighted by Gasteiger charge is -2.00. The second-order valence-corrected chi connectivity index (χ2v) is 2.68. The molecule has 0 spiro atoms. The van der Waals surface area contributed by atoms with Crippen LogP contribution in [0.3, 0.4) is 0 Å². The summed E-state index contributed by atoms with van der Waals surface area (Å²) in [6.45, 7) is 3.71. The third-order valence-electron chi connectivity index (χ3n) is 1.96. The molecule has 0 amide bonds. The Labute approximate surface area is 70.5 Å². The van der Waals surface area contributed by atoms with Crippen molar-refractivity contribution < 1.29 is 9.53 Å². The van der Waals surface area contributed by atoms with Crippen LogP contribution in [-0.4, -0.2) is 6.29 Å². The van der Waals surface area contributed by atoms with Crippen LogP contribution in [0, 0.1) is 0 Å². The van der Waals surface area contributed by atoms with E-state index in [1.165, 1.54) is 0 Å². The van der Waals surface area contributed by atoms with E-state index < -0.39 is 6.10 Å². The molecule has 1 aromatic carbocycles. The summed E-state index contributed by atoms with van der Waals surface area (Å²) < 4.78 is 5.22. The van der Waals surface area contributed by atoms with E-state index in [-0.39, 0.29) is 0 Å². The van der Waals surface area contributed by atoms with Crippen LogP contribution in [0.1, 0.15) is 17.2 Å². The number of hydrogen-bond donors (Lipinski definition) is 0. The first-order valence-electron chi connectivity index (χ1n) is 3.73. The zero-order valence-electron chi connectivity index (χ0n) is 6.49. The first-order chi connectivity index (χ1) is 5.83. The third-order valence-corrected chi connectivity index (χ3v) is 1.96. The lowest BCUT2D eigenvalue weighted by Crippen LogP contribution is -1.95. The van der Waals surface area contributed by atoms with Crippen molar-refractivity contribution in [3.8, 4) is 0 Å². The van der Waals surface area contributed by atoms with E-state index in [0.717, 1.165) is 17.4 Å². The van der Waals surface area contributed by atoms with Crippen molar-refractivity contribution in [3.05, 3.63) is 42.0 Å². The molecule has 2 heteroatoms. The SMILES string of the molecule is C=C1OC(C=O)c2ccccc21. The Bertz CT molecular complexity index is 341. The van der Waals surface area contributed by atoms with E-state index in [0.29, 0.717) is 5.76 Å². The molecule has 2 nitrogen and oxygen atoms in total. The molecule has 0 bridgehead atoms. The smallest absolute Gasteiger partial charge is 0.179 e. The van der Waals surface area contributed by atoms with Crippen LogP contribution in [0.25, 0.3) is 5.76 Å². The maximum Gasteiger partial charge on any atom is 0.179 e. The number of ether oxygens (including phenoxy) is 1. The monoisotopic (exact) mass is 160 g/mol. The summed E-state index contributed by atoms with van der Waals surface area (Å²) in [7, 11) is 0. The molecule has 60 valence electrons. The average molecular weight is 160 g/mol. The Kier molecular flexibility index (Phi) is 1.47. The molecule has 1 aromatic rings. The van der Waals surface area contributed by atoms with Gasteiger partial charge < -0.3 is 4.74 Å². The lowest BCUT2D eigenvalue weighted by atomic mass is 10.1. The summed E-state index contributed by atoms with van der Waals surface area (Å²) in [4.78, 5) is 10.5. The van der Waals surface area contributed by atoms with Gasteiger partial charge in [0.05, 0.1) is 0 Å². The standard InChI is InChI=1S/C10H8O2/c1-7-8-4-2-3-5-9(8)10(6-11)12-7/h2-6,10H,1H2. The van der Waals surface area contributed by atoms with Gasteiger partial charge in [-0.15, -0.1) is 0 Å². The summed E-state index contributed by atoms with van der Waals surface area (Å²) >= 11 is 0. The van der Waals surface area contributed by atoms with Gasteiger partial charge >= 0.3 is 0 Å². The topological polar surface area (TPSA) is 26.3 Å². The average Bonchev–Trinajstić information content (AvgIpc) is 2.44. The fraction of sp³-hybridized carbons (Fsp3) is 0.100. The third kappa shape index (κ3) is 0.848. The Morgan fingerprint density at radius 3 is 2.92 bits per heavy atom. The highest BCUT2D eigenvalue weighted by molar-refractivity contribution is 5.74. The molecule has 1 unspecified atom stereocenters. The second-order valence-electron chi connectivity index (χ2n) is 2.68. The highest BCUT2D eigenvalue weighted by atomic mass is 16.5. The number of benzene rings is 1. The Hall–Kier alpha value is -1.57. The number of rotatable bonds is 1. The number of hydrogen-bond acceptors (Lipinski definition) is 2. The van der Waals surface area contributed by atoms with E-state index in [1.807, 2.05) is 24.3 Å². The van der Waals surface area contributed by atoms with Gasteiger partial charge in [0.1, 0.15) is 5.76 Å². The van der Waals surface area contributed by atoms with Crippen LogP contribution >= 0.6 is 0 Å². The zero-order valence-corrected chi connectivity index (χ0v) is 6.49. The van der Waals surface area contributed by atoms with Gasteiger partial charge in [-0.1, -0.05) is 30.8 Å². The largest absolute Gasteiger partial charge is 0.478 e. The van der Waals surface area contributed by atoms with Crippen molar-refractivity contribution >= 4 is 12.0 Å². The Balaban J connectivity index is 2.57. The molecule has 0 radical (unpaired) electrons. The van der Waals surface area contributed by atoms with Crippen molar-refractivity contribution in [3.63, 3.8) is 0 Å². The van der Waals surface area contributed by atoms with Gasteiger partial charge in [0.2, 0.25) is 0 Å². The molecular formula is C10H8O2. The van der Waals surface area contributed by atoms with Gasteiger partial charge in [0, 0.05) is 11.1 Å². The first-order valence-corrected chi connectivity index (χ1v) is 3.73. The minimum Gasteiger partial charge on any atom is -0.478 e. The molecule has 0 saturated carbocycles. The summed E-state index contributed by atoms with van der Waals surface area (Å²) in [5, 5.41) is 0. The Morgan fingerprint density at radius 1 is 1.42 bits per heavy atom. The molecule has 1 aliphatic rings. The van der Waals surface area contributed by atoms with E-state index in [4.69, 9.17) is 4.74 Å². The minimum atomic E-state index is -0.450. The molecule has 0 aromatic heterocycles. The predicted molar refractivity (Wildman–Crippen MR) is 45.4 cm³/mol. The van der Waals surface area contributed by atoms with Crippen LogP contribution in [-0.2, 0) is 9.53 Å². The van der Waals surface area contributed by atoms with E-state index >= 15 is 0 Å². The maximum atomic E-state index is 10.5. The van der Waals surface area contributed by atoms with Gasteiger partial charge in [0.15, 0.2) is 12.4 Å². The quantitative estimate of drug-likeness (QED) is 0.587. The van der Waals surface area contributed by atoms with Crippen molar-refractivity contribution in [1.29, 1.82) is 0 Å². The molecule has 2 rings (SSSR count). The highest BCUT2D eigenvalue weighted by Crippen LogP contribution is 2.35. The molecule has 0 N–H and O–H groups in total. The normalized spacial score (nSPS) is 20.0. The zero-order chi connectivity index (χ0) is 8.55. The van der Waals surface area contributed by atoms with E-state index in [2.05, 4.69) is 6.58 Å². The number of aldehydes is 1. The molecule has 0 aliphatic carbocycles. The van der Waals surface area contributed by atoms with Gasteiger partial charge in [-0.25, -0.2) is 0 Å². The molecular weight excluding hydrogens is 152 g/mol. The van der Waals surface area contributed by atoms with E-state index in [9.17, 15) is 4.79 Å². The van der Waals surface area contributed by atoms with Crippen LogP contribution in [0.2, 0.25) is 0 Å². The predicted octanol–water partition coefficient (Wildman–Crippen LogP) is 1.93. The number of carbonyl (C=O) groups excluding carboxylic acids is 1. The van der Waals surface area contributed by atoms with Gasteiger partial charge in [0.25, 0.3) is 0 Å². The van der Waals surface area contributed by atoms with Crippen molar-refractivity contribution in [2.24, 2.45) is 0 Å². The van der Waals surface area contributed by atoms with Crippen LogP contribution < -0.4 is 0 Å². The fourth-order valence-corrected chi connectivity index (χ4v) is 1.38. The molecule has 1 heterocycles. The minimum absolute atomic E-state index is 0.450. The molecule has 1 atom stereocenters. The lowest BCUT2D eigenvalue weighted by molar-refractivity contribution is -0.114. The molecule has 1 aliphatic heterocycles. The summed E-state index contributed by atoms with van der Waals surface area (Å²) in [5.41, 5.74) is 1.85. The van der Waals surface area contributed by atoms with Crippen LogP contribution in [0.15, 0.2) is 30.8 Å². The summed E-state index contributed by atoms with van der Waals surface area (Å²) in [5.74, 6) is 0.586. The summed E-state index contributed by atoms with van der Waals surface area (Å²) in [6, 6.07) is 7.57.